The minimum atomic E-state index is -0.281. The number of nitriles is 1. The van der Waals surface area contributed by atoms with E-state index in [1.54, 1.807) is 12.1 Å². The van der Waals surface area contributed by atoms with Crippen LogP contribution in [-0.2, 0) is 53.2 Å². The van der Waals surface area contributed by atoms with Crippen LogP contribution in [0.3, 0.4) is 0 Å². The summed E-state index contributed by atoms with van der Waals surface area (Å²) in [5, 5.41) is 20.2. The molecular formula is C63H75Cl2N9O6. The number of Topliss-reactive ketones (excluding diaryl/α,β-unsaturated/α-hetero) is 1. The second kappa shape index (κ2) is 27.0. The highest BCUT2D eigenvalue weighted by molar-refractivity contribution is 6.31. The van der Waals surface area contributed by atoms with E-state index in [0.29, 0.717) is 106 Å². The van der Waals surface area contributed by atoms with Crippen molar-refractivity contribution in [2.45, 2.75) is 147 Å². The number of unbranched alkanes of at least 4 members (excludes halogenated alkanes) is 3. The number of carbonyl (C=O) groups is 4. The summed E-state index contributed by atoms with van der Waals surface area (Å²) in [4.78, 5) is 64.7. The maximum atomic E-state index is 13.4. The minimum absolute atomic E-state index is 0.0535. The number of rotatable bonds is 21. The maximum Gasteiger partial charge on any atom is 0.314 e. The van der Waals surface area contributed by atoms with E-state index in [0.717, 1.165) is 142 Å². The number of carbonyl (C=O) groups excluding carboxylic acids is 4. The predicted octanol–water partition coefficient (Wildman–Crippen LogP) is 10.1. The van der Waals surface area contributed by atoms with Crippen LogP contribution in [0.25, 0.3) is 4.85 Å². The number of amides is 4. The molecule has 15 nitrogen and oxygen atoms in total. The molecule has 2 aliphatic carbocycles. The summed E-state index contributed by atoms with van der Waals surface area (Å²) in [6, 6.07) is 22.1. The molecule has 4 aromatic carbocycles. The Balaban J connectivity index is 0.581. The van der Waals surface area contributed by atoms with Crippen LogP contribution in [0.5, 0.6) is 11.5 Å². The molecule has 0 unspecified atom stereocenters. The largest absolute Gasteiger partial charge is 0.484 e. The zero-order valence-corrected chi connectivity index (χ0v) is 47.5. The van der Waals surface area contributed by atoms with Gasteiger partial charge >= 0.3 is 6.03 Å². The lowest BCUT2D eigenvalue weighted by Gasteiger charge is -2.36. The first-order valence-electron chi connectivity index (χ1n) is 29.3. The number of hydrogen-bond donors (Lipinski definition) is 3. The Hall–Kier alpha value is -6.20. The molecule has 17 heteroatoms. The fraction of sp³-hybridized carbons (Fsp3) is 0.524. The standard InChI is InChI=1S/C63H75Cl2N9O6/c1-67-56-36-48(65)35-55-53(56)38-58(71-25-8-3-9-26-71)62(55)80-51-18-16-42-19-27-73(40-45(42)33-51)59(76)13-6-5-12-49(75)11-4-2-7-21-69-63(78)70-22-10-14-60(77)74-28-20-43-15-17-50(32-46(43)41-74)79-61-54-34-47(64)31-44(39-66)52(54)37-57(61)72-29-23-68-24-30-72/h15-18,31-36,57-58,61-62,68H,2-14,19-30,37-38,40-41H2,(H2,69,70,78)/t57-,58-,61-,62-/m0/s1. The quantitative estimate of drug-likeness (QED) is 0.0541. The number of benzene rings is 4. The van der Waals surface area contributed by atoms with E-state index in [1.807, 2.05) is 34.1 Å². The monoisotopic (exact) mass is 1120 g/mol. The van der Waals surface area contributed by atoms with Gasteiger partial charge < -0.3 is 35.2 Å². The molecule has 80 heavy (non-hydrogen) atoms. The third-order valence-corrected chi connectivity index (χ3v) is 17.7. The molecule has 4 aliphatic heterocycles. The zero-order valence-electron chi connectivity index (χ0n) is 46.0. The summed E-state index contributed by atoms with van der Waals surface area (Å²) in [5.41, 5.74) is 9.81. The minimum Gasteiger partial charge on any atom is -0.484 e. The van der Waals surface area contributed by atoms with E-state index in [2.05, 4.69) is 60.9 Å². The van der Waals surface area contributed by atoms with Crippen LogP contribution >= 0.6 is 23.2 Å². The summed E-state index contributed by atoms with van der Waals surface area (Å²) < 4.78 is 13.6. The normalized spacial score (nSPS) is 20.6. The van der Waals surface area contributed by atoms with Crippen molar-refractivity contribution in [3.05, 3.63) is 132 Å². The first kappa shape index (κ1) is 57.1. The second-order valence-electron chi connectivity index (χ2n) is 22.6. The molecule has 0 bridgehead atoms. The zero-order chi connectivity index (χ0) is 55.5. The Labute approximate surface area is 481 Å². The number of piperidine rings is 1. The lowest BCUT2D eigenvalue weighted by atomic mass is 9.98. The van der Waals surface area contributed by atoms with Crippen LogP contribution in [0.15, 0.2) is 60.7 Å². The van der Waals surface area contributed by atoms with Gasteiger partial charge in [-0.2, -0.15) is 5.26 Å². The van der Waals surface area contributed by atoms with Crippen LogP contribution in [-0.4, -0.2) is 121 Å². The van der Waals surface area contributed by atoms with Gasteiger partial charge in [0.25, 0.3) is 0 Å². The molecule has 3 N–H and O–H groups in total. The van der Waals surface area contributed by atoms with Crippen LogP contribution < -0.4 is 25.4 Å². The molecule has 6 aliphatic rings. The first-order chi connectivity index (χ1) is 39.0. The van der Waals surface area contributed by atoms with E-state index in [9.17, 15) is 24.4 Å². The van der Waals surface area contributed by atoms with E-state index < -0.39 is 0 Å². The topological polar surface area (TPSA) is 164 Å². The van der Waals surface area contributed by atoms with Crippen LogP contribution in [0.1, 0.15) is 146 Å². The van der Waals surface area contributed by atoms with Gasteiger partial charge in [0.15, 0.2) is 5.69 Å². The van der Waals surface area contributed by atoms with Gasteiger partial charge in [0, 0.05) is 101 Å². The number of piperazine rings is 1. The number of nitrogens with zero attached hydrogens (tertiary/aromatic N) is 6. The fourth-order valence-corrected chi connectivity index (χ4v) is 13.4. The number of ether oxygens (including phenoxy) is 2. The molecule has 4 aromatic rings. The molecule has 0 radical (unpaired) electrons. The van der Waals surface area contributed by atoms with E-state index in [4.69, 9.17) is 39.2 Å². The number of nitrogens with one attached hydrogen (secondary N) is 3. The summed E-state index contributed by atoms with van der Waals surface area (Å²) in [6.45, 7) is 16.7. The summed E-state index contributed by atoms with van der Waals surface area (Å²) in [5.74, 6) is 1.87. The van der Waals surface area contributed by atoms with Crippen molar-refractivity contribution in [3.8, 4) is 17.6 Å². The van der Waals surface area contributed by atoms with Crippen molar-refractivity contribution < 1.29 is 28.7 Å². The summed E-state index contributed by atoms with van der Waals surface area (Å²) >= 11 is 13.0. The van der Waals surface area contributed by atoms with E-state index in [-0.39, 0.29) is 47.9 Å². The Morgan fingerprint density at radius 1 is 0.625 bits per heavy atom. The Kier molecular flexibility index (Phi) is 19.3. The van der Waals surface area contributed by atoms with Crippen molar-refractivity contribution in [1.29, 1.82) is 5.26 Å². The molecule has 0 saturated carbocycles. The van der Waals surface area contributed by atoms with Crippen LogP contribution in [0.2, 0.25) is 10.0 Å². The van der Waals surface area contributed by atoms with Gasteiger partial charge in [0.2, 0.25) is 11.8 Å². The lowest BCUT2D eigenvalue weighted by Crippen LogP contribution is -2.50. The number of fused-ring (bicyclic) bond motifs is 4. The first-order valence-corrected chi connectivity index (χ1v) is 30.0. The van der Waals surface area contributed by atoms with Gasteiger partial charge in [-0.05, 0) is 177 Å². The van der Waals surface area contributed by atoms with Crippen molar-refractivity contribution in [3.63, 3.8) is 0 Å². The Morgan fingerprint density at radius 2 is 1.16 bits per heavy atom. The predicted molar refractivity (Wildman–Crippen MR) is 309 cm³/mol. The Morgan fingerprint density at radius 3 is 1.77 bits per heavy atom. The van der Waals surface area contributed by atoms with Gasteiger partial charge in [-0.15, -0.1) is 0 Å². The number of likely N-dealkylation sites (tertiary alicyclic amines) is 1. The van der Waals surface area contributed by atoms with Crippen molar-refractivity contribution in [2.75, 3.05) is 65.4 Å². The molecule has 10 rings (SSSR count). The van der Waals surface area contributed by atoms with Crippen molar-refractivity contribution in [1.82, 2.24) is 35.6 Å². The molecule has 0 spiro atoms. The highest BCUT2D eigenvalue weighted by atomic mass is 35.5. The smallest absolute Gasteiger partial charge is 0.314 e. The maximum absolute atomic E-state index is 13.4. The highest BCUT2D eigenvalue weighted by Gasteiger charge is 2.42. The SMILES string of the molecule is [C-]#[N+]c1cc(Cl)cc2c1C[C@H](N1CCCCC1)[C@H]2Oc1ccc2c(c1)CN(C(=O)CCCCC(=O)CCCCCNC(=O)NCCCC(=O)N1CCc3ccc(O[C@H]4c5cc(Cl)cc(C#N)c5C[C@@H]4N4CCNCC4)cc3C1)CC2. The van der Waals surface area contributed by atoms with Gasteiger partial charge in [0.1, 0.15) is 29.5 Å². The number of hydrogen-bond acceptors (Lipinski definition) is 10. The van der Waals surface area contributed by atoms with Crippen LogP contribution in [0.4, 0.5) is 10.5 Å². The molecular weight excluding hydrogens is 1050 g/mol. The summed E-state index contributed by atoms with van der Waals surface area (Å²) in [7, 11) is 0. The molecule has 4 heterocycles. The number of ketones is 1. The average molecular weight is 1130 g/mol. The van der Waals surface area contributed by atoms with E-state index in [1.165, 1.54) is 17.5 Å². The average Bonchev–Trinajstić information content (AvgIpc) is 4.04. The molecule has 4 atom stereocenters. The van der Waals surface area contributed by atoms with E-state index >= 15 is 0 Å². The molecule has 4 amide bonds. The fourth-order valence-electron chi connectivity index (χ4n) is 13.0. The highest BCUT2D eigenvalue weighted by Crippen LogP contribution is 2.45. The molecule has 0 aromatic heterocycles. The van der Waals surface area contributed by atoms with Gasteiger partial charge in [-0.25, -0.2) is 9.64 Å². The van der Waals surface area contributed by atoms with Crippen LogP contribution in [0, 0.1) is 17.9 Å². The third-order valence-electron chi connectivity index (χ3n) is 17.3. The molecule has 2 saturated heterocycles. The number of urea groups is 1. The second-order valence-corrected chi connectivity index (χ2v) is 23.4. The molecule has 2 fully saturated rings. The third kappa shape index (κ3) is 13.9. The van der Waals surface area contributed by atoms with Gasteiger partial charge in [-0.1, -0.05) is 48.2 Å². The van der Waals surface area contributed by atoms with Gasteiger partial charge in [-0.3, -0.25) is 24.2 Å². The lowest BCUT2D eigenvalue weighted by molar-refractivity contribution is -0.133. The molecule has 422 valence electrons. The summed E-state index contributed by atoms with van der Waals surface area (Å²) in [6.07, 6.45) is 12.0. The van der Waals surface area contributed by atoms with Crippen molar-refractivity contribution in [2.24, 2.45) is 0 Å². The van der Waals surface area contributed by atoms with Crippen molar-refractivity contribution >= 4 is 52.5 Å². The Bertz CT molecular complexity index is 2800. The number of halogens is 2. The van der Waals surface area contributed by atoms with Gasteiger partial charge in [0.05, 0.1) is 30.3 Å².